The van der Waals surface area contributed by atoms with E-state index in [1.807, 2.05) is 0 Å². The summed E-state index contributed by atoms with van der Waals surface area (Å²) in [6, 6.07) is 0. The number of unbranched alkanes of at least 4 members (excludes halogenated alkanes) is 61. The lowest BCUT2D eigenvalue weighted by atomic mass is 10.0. The second-order valence-corrected chi connectivity index (χ2v) is 33.8. The minimum atomic E-state index is -4.96. The van der Waals surface area contributed by atoms with E-state index >= 15 is 0 Å². The summed E-state index contributed by atoms with van der Waals surface area (Å²) in [5.74, 6) is -2.10. The van der Waals surface area contributed by atoms with E-state index in [2.05, 4.69) is 27.7 Å². The fourth-order valence-electron chi connectivity index (χ4n) is 13.5. The van der Waals surface area contributed by atoms with Gasteiger partial charge in [-0.2, -0.15) is 0 Å². The van der Waals surface area contributed by atoms with Crippen molar-refractivity contribution in [2.75, 3.05) is 39.6 Å². The molecule has 624 valence electrons. The van der Waals surface area contributed by atoms with Gasteiger partial charge in [-0.15, -0.1) is 0 Å². The van der Waals surface area contributed by atoms with Crippen LogP contribution in [0.1, 0.15) is 471 Å². The highest BCUT2D eigenvalue weighted by Crippen LogP contribution is 2.45. The van der Waals surface area contributed by atoms with Gasteiger partial charge < -0.3 is 33.8 Å². The maximum Gasteiger partial charge on any atom is 0.472 e. The first-order valence-corrected chi connectivity index (χ1v) is 47.8. The molecule has 19 heteroatoms. The van der Waals surface area contributed by atoms with Gasteiger partial charge >= 0.3 is 39.5 Å². The molecule has 5 atom stereocenters. The molecule has 2 unspecified atom stereocenters. The van der Waals surface area contributed by atoms with E-state index < -0.39 is 97.5 Å². The molecular formula is C86H168O17P2. The van der Waals surface area contributed by atoms with Crippen LogP contribution < -0.4 is 0 Å². The lowest BCUT2D eigenvalue weighted by molar-refractivity contribution is -0.161. The number of aliphatic hydroxyl groups excluding tert-OH is 1. The highest BCUT2D eigenvalue weighted by atomic mass is 31.2. The van der Waals surface area contributed by atoms with E-state index in [9.17, 15) is 43.2 Å². The predicted molar refractivity (Wildman–Crippen MR) is 432 cm³/mol. The van der Waals surface area contributed by atoms with Crippen LogP contribution in [0.25, 0.3) is 0 Å². The molecule has 0 aromatic heterocycles. The number of phosphoric acid groups is 2. The van der Waals surface area contributed by atoms with Crippen LogP contribution in [0.3, 0.4) is 0 Å². The van der Waals surface area contributed by atoms with Crippen molar-refractivity contribution in [3.8, 4) is 0 Å². The first-order valence-electron chi connectivity index (χ1n) is 44.8. The van der Waals surface area contributed by atoms with E-state index in [4.69, 9.17) is 37.0 Å². The Morgan fingerprint density at radius 2 is 0.381 bits per heavy atom. The molecule has 0 saturated heterocycles. The van der Waals surface area contributed by atoms with Gasteiger partial charge in [0.25, 0.3) is 0 Å². The Morgan fingerprint density at radius 1 is 0.229 bits per heavy atom. The fraction of sp³-hybridized carbons (Fsp3) is 0.953. The van der Waals surface area contributed by atoms with Gasteiger partial charge in [-0.25, -0.2) is 9.13 Å². The molecule has 3 N–H and O–H groups in total. The average molecular weight is 1540 g/mol. The van der Waals surface area contributed by atoms with Crippen molar-refractivity contribution in [1.82, 2.24) is 0 Å². The first-order chi connectivity index (χ1) is 51.2. The molecule has 0 rings (SSSR count). The molecule has 0 saturated carbocycles. The van der Waals surface area contributed by atoms with Gasteiger partial charge in [-0.05, 0) is 25.7 Å². The lowest BCUT2D eigenvalue weighted by Gasteiger charge is -2.21. The third kappa shape index (κ3) is 79.9. The van der Waals surface area contributed by atoms with Crippen LogP contribution in [0.15, 0.2) is 0 Å². The number of esters is 4. The minimum absolute atomic E-state index is 0.109. The lowest BCUT2D eigenvalue weighted by Crippen LogP contribution is -2.30. The highest BCUT2D eigenvalue weighted by molar-refractivity contribution is 7.47. The van der Waals surface area contributed by atoms with E-state index in [1.165, 1.54) is 289 Å². The topological polar surface area (TPSA) is 237 Å². The standard InChI is InChI=1S/C86H168O17P2/c1-5-9-13-17-21-24-27-30-33-36-39-42-45-48-51-54-57-61-65-69-73-86(91)103-82(77-97-84(89)71-67-63-59-55-52-49-46-43-40-37-34-31-28-25-22-18-14-10-6-2)79-101-105(94,95)99-75-80(87)74-98-104(92,93)100-78-81(76-96-83(88)70-66-62-58-20-16-12-8-4)102-85(90)72-68-64-60-56-53-50-47-44-41-38-35-32-29-26-23-19-15-11-7-3/h80-82,87H,5-79H2,1-4H3,(H,92,93)(H,94,95)/t80-,81+,82+/m0/s1. The molecule has 0 aliphatic carbocycles. The minimum Gasteiger partial charge on any atom is -0.462 e. The maximum atomic E-state index is 13.1. The normalized spacial score (nSPS) is 13.7. The number of hydrogen-bond donors (Lipinski definition) is 3. The van der Waals surface area contributed by atoms with E-state index in [-0.39, 0.29) is 25.7 Å². The van der Waals surface area contributed by atoms with Gasteiger partial charge in [-0.1, -0.05) is 419 Å². The number of ether oxygens (including phenoxy) is 4. The Morgan fingerprint density at radius 3 is 0.562 bits per heavy atom. The summed E-state index contributed by atoms with van der Waals surface area (Å²) in [5, 5.41) is 10.7. The smallest absolute Gasteiger partial charge is 0.462 e. The van der Waals surface area contributed by atoms with Crippen LogP contribution in [-0.2, 0) is 65.4 Å². The number of hydrogen-bond acceptors (Lipinski definition) is 15. The molecule has 0 spiro atoms. The highest BCUT2D eigenvalue weighted by Gasteiger charge is 2.30. The average Bonchev–Trinajstić information content (AvgIpc) is 0.914. The second-order valence-electron chi connectivity index (χ2n) is 30.9. The predicted octanol–water partition coefficient (Wildman–Crippen LogP) is 26.5. The van der Waals surface area contributed by atoms with Crippen LogP contribution in [0.5, 0.6) is 0 Å². The van der Waals surface area contributed by atoms with Crippen LogP contribution >= 0.6 is 15.6 Å². The number of rotatable bonds is 87. The Bertz CT molecular complexity index is 1980. The van der Waals surface area contributed by atoms with Gasteiger partial charge in [0.05, 0.1) is 26.4 Å². The summed E-state index contributed by atoms with van der Waals surface area (Å²) in [6.45, 7) is 5.02. The summed E-state index contributed by atoms with van der Waals surface area (Å²) in [4.78, 5) is 73.1. The molecule has 0 fully saturated rings. The quantitative estimate of drug-likeness (QED) is 0.0222. The van der Waals surface area contributed by atoms with Crippen LogP contribution in [0.2, 0.25) is 0 Å². The van der Waals surface area contributed by atoms with Crippen molar-refractivity contribution in [3.05, 3.63) is 0 Å². The number of carbonyl (C=O) groups is 4. The molecule has 105 heavy (non-hydrogen) atoms. The van der Waals surface area contributed by atoms with E-state index in [1.54, 1.807) is 0 Å². The van der Waals surface area contributed by atoms with E-state index in [0.29, 0.717) is 25.7 Å². The molecule has 0 aliphatic rings. The van der Waals surface area contributed by atoms with Gasteiger partial charge in [0.15, 0.2) is 12.2 Å². The number of phosphoric ester groups is 2. The fourth-order valence-corrected chi connectivity index (χ4v) is 15.1. The summed E-state index contributed by atoms with van der Waals surface area (Å²) in [5.41, 5.74) is 0. The van der Waals surface area contributed by atoms with Crippen LogP contribution in [0.4, 0.5) is 0 Å². The molecular weight excluding hydrogens is 1370 g/mol. The zero-order chi connectivity index (χ0) is 76.7. The molecule has 0 amide bonds. The monoisotopic (exact) mass is 1540 g/mol. The number of carbonyl (C=O) groups excluding carboxylic acids is 4. The first kappa shape index (κ1) is 103. The van der Waals surface area contributed by atoms with Gasteiger partial charge in [0.1, 0.15) is 19.3 Å². The molecule has 0 radical (unpaired) electrons. The van der Waals surface area contributed by atoms with Crippen LogP contribution in [0, 0.1) is 0 Å². The Hall–Kier alpha value is -1.94. The number of aliphatic hydroxyl groups is 1. The zero-order valence-electron chi connectivity index (χ0n) is 68.7. The van der Waals surface area contributed by atoms with Gasteiger partial charge in [0, 0.05) is 25.7 Å². The molecule has 0 heterocycles. The largest absolute Gasteiger partial charge is 0.472 e. The zero-order valence-corrected chi connectivity index (χ0v) is 70.5. The SMILES string of the molecule is CCCCCCCCCCCCCCCCCCCCCCC(=O)O[C@H](COC(=O)CCCCCCCCCCCCCCCCCCCCC)COP(=O)(O)OC[C@@H](O)COP(=O)(O)OC[C@@H](COC(=O)CCCCCCCCC)OC(=O)CCCCCCCCCCCCCCCCCCCCC. The Kier molecular flexibility index (Phi) is 78.6. The summed E-state index contributed by atoms with van der Waals surface area (Å²) >= 11 is 0. The molecule has 0 bridgehead atoms. The molecule has 0 aromatic rings. The van der Waals surface area contributed by atoms with E-state index in [0.717, 1.165) is 103 Å². The summed E-state index contributed by atoms with van der Waals surface area (Å²) < 4.78 is 68.8. The second kappa shape index (κ2) is 80.1. The van der Waals surface area contributed by atoms with Crippen molar-refractivity contribution in [1.29, 1.82) is 0 Å². The molecule has 0 aromatic carbocycles. The Labute approximate surface area is 645 Å². The van der Waals surface area contributed by atoms with Crippen LogP contribution in [-0.4, -0.2) is 96.7 Å². The molecule has 0 aliphatic heterocycles. The van der Waals surface area contributed by atoms with Crippen molar-refractivity contribution < 1.29 is 80.2 Å². The van der Waals surface area contributed by atoms with Gasteiger partial charge in [0.2, 0.25) is 0 Å². The molecule has 17 nitrogen and oxygen atoms in total. The third-order valence-corrected chi connectivity index (χ3v) is 22.3. The Balaban J connectivity index is 5.15. The maximum absolute atomic E-state index is 13.1. The third-order valence-electron chi connectivity index (χ3n) is 20.4. The van der Waals surface area contributed by atoms with Crippen molar-refractivity contribution in [3.63, 3.8) is 0 Å². The summed E-state index contributed by atoms with van der Waals surface area (Å²) in [6.07, 6.45) is 75.3. The van der Waals surface area contributed by atoms with Gasteiger partial charge in [-0.3, -0.25) is 37.3 Å². The van der Waals surface area contributed by atoms with Crippen molar-refractivity contribution in [2.45, 2.75) is 489 Å². The summed E-state index contributed by atoms with van der Waals surface area (Å²) in [7, 11) is -9.92. The van der Waals surface area contributed by atoms with Crippen molar-refractivity contribution >= 4 is 39.5 Å². The van der Waals surface area contributed by atoms with Crippen molar-refractivity contribution in [2.24, 2.45) is 0 Å².